The molecule has 0 aromatic carbocycles. The lowest BCUT2D eigenvalue weighted by atomic mass is 9.97. The Morgan fingerprint density at radius 1 is 1.21 bits per heavy atom. The zero-order valence-corrected chi connectivity index (χ0v) is 9.68. The van der Waals surface area contributed by atoms with Crippen LogP contribution in [0.4, 0.5) is 0 Å². The predicted molar refractivity (Wildman–Crippen MR) is 55.6 cm³/mol. The van der Waals surface area contributed by atoms with Crippen LogP contribution in [-0.2, 0) is 10.0 Å². The van der Waals surface area contributed by atoms with Gasteiger partial charge in [-0.05, 0) is 32.9 Å². The average Bonchev–Trinajstić information content (AvgIpc) is 2.59. The molecule has 1 spiro atoms. The van der Waals surface area contributed by atoms with Crippen LogP contribution < -0.4 is 0 Å². The molecular formula is C9H18N2O2S. The van der Waals surface area contributed by atoms with Gasteiger partial charge in [0.2, 0.25) is 10.0 Å². The lowest BCUT2D eigenvalue weighted by molar-refractivity contribution is 0.242. The third kappa shape index (κ3) is 1.57. The highest BCUT2D eigenvalue weighted by atomic mass is 32.2. The second kappa shape index (κ2) is 3.18. The van der Waals surface area contributed by atoms with E-state index in [9.17, 15) is 8.42 Å². The zero-order valence-electron chi connectivity index (χ0n) is 8.86. The summed E-state index contributed by atoms with van der Waals surface area (Å²) in [5.41, 5.74) is -0.0671. The molecule has 2 rings (SSSR count). The highest BCUT2D eigenvalue weighted by Gasteiger charge is 2.48. The Morgan fingerprint density at radius 2 is 1.93 bits per heavy atom. The first-order valence-corrected chi connectivity index (χ1v) is 6.95. The van der Waals surface area contributed by atoms with E-state index >= 15 is 0 Å². The molecule has 0 bridgehead atoms. The maximum atomic E-state index is 11.6. The van der Waals surface area contributed by atoms with E-state index in [2.05, 4.69) is 11.9 Å². The van der Waals surface area contributed by atoms with Gasteiger partial charge in [-0.25, -0.2) is 8.42 Å². The highest BCUT2D eigenvalue weighted by molar-refractivity contribution is 7.88. The quantitative estimate of drug-likeness (QED) is 0.627. The van der Waals surface area contributed by atoms with Crippen molar-refractivity contribution in [1.82, 2.24) is 9.21 Å². The molecule has 2 aliphatic rings. The normalized spacial score (nSPS) is 35.9. The SMILES string of the molecule is CN1CCC2(CCCN2S(C)(=O)=O)C1. The summed E-state index contributed by atoms with van der Waals surface area (Å²) >= 11 is 0. The summed E-state index contributed by atoms with van der Waals surface area (Å²) in [5, 5.41) is 0. The van der Waals surface area contributed by atoms with Crippen molar-refractivity contribution in [2.24, 2.45) is 0 Å². The lowest BCUT2D eigenvalue weighted by Gasteiger charge is -2.32. The van der Waals surface area contributed by atoms with Gasteiger partial charge < -0.3 is 4.90 Å². The van der Waals surface area contributed by atoms with Crippen LogP contribution in [0.3, 0.4) is 0 Å². The third-order valence-electron chi connectivity index (χ3n) is 3.46. The van der Waals surface area contributed by atoms with Crippen molar-refractivity contribution < 1.29 is 8.42 Å². The van der Waals surface area contributed by atoms with E-state index < -0.39 is 10.0 Å². The number of likely N-dealkylation sites (tertiary alicyclic amines) is 1. The van der Waals surface area contributed by atoms with E-state index in [0.29, 0.717) is 6.54 Å². The van der Waals surface area contributed by atoms with Crippen molar-refractivity contribution in [2.75, 3.05) is 32.9 Å². The number of nitrogens with zero attached hydrogens (tertiary/aromatic N) is 2. The molecule has 0 aliphatic carbocycles. The predicted octanol–water partition coefficient (Wildman–Crippen LogP) is 0.116. The Hall–Kier alpha value is -0.130. The fourth-order valence-electron chi connectivity index (χ4n) is 2.90. The van der Waals surface area contributed by atoms with Crippen molar-refractivity contribution in [2.45, 2.75) is 24.8 Å². The highest BCUT2D eigenvalue weighted by Crippen LogP contribution is 2.38. The topological polar surface area (TPSA) is 40.6 Å². The van der Waals surface area contributed by atoms with Gasteiger partial charge in [0.1, 0.15) is 0 Å². The maximum absolute atomic E-state index is 11.6. The second-order valence-corrected chi connectivity index (χ2v) is 6.56. The Morgan fingerprint density at radius 3 is 2.43 bits per heavy atom. The first kappa shape index (κ1) is 10.4. The Bertz CT molecular complexity index is 328. The van der Waals surface area contributed by atoms with Crippen molar-refractivity contribution in [1.29, 1.82) is 0 Å². The van der Waals surface area contributed by atoms with Gasteiger partial charge in [-0.1, -0.05) is 0 Å². The molecule has 1 unspecified atom stereocenters. The first-order chi connectivity index (χ1) is 6.44. The Kier molecular flexibility index (Phi) is 2.36. The minimum Gasteiger partial charge on any atom is -0.304 e. The average molecular weight is 218 g/mol. The number of likely N-dealkylation sites (N-methyl/N-ethyl adjacent to an activating group) is 1. The van der Waals surface area contributed by atoms with Crippen molar-refractivity contribution in [3.8, 4) is 0 Å². The second-order valence-electron chi connectivity index (χ2n) is 4.65. The monoisotopic (exact) mass is 218 g/mol. The first-order valence-electron chi connectivity index (χ1n) is 5.10. The van der Waals surface area contributed by atoms with Gasteiger partial charge in [0, 0.05) is 18.6 Å². The standard InChI is InChI=1S/C9H18N2O2S/c1-10-7-5-9(8-10)4-3-6-11(9)14(2,12)13/h3-8H2,1-2H3. The summed E-state index contributed by atoms with van der Waals surface area (Å²) < 4.78 is 24.9. The fourth-order valence-corrected chi connectivity index (χ4v) is 4.30. The lowest BCUT2D eigenvalue weighted by Crippen LogP contribution is -2.48. The van der Waals surface area contributed by atoms with Gasteiger partial charge in [-0.2, -0.15) is 4.31 Å². The minimum absolute atomic E-state index is 0.0671. The smallest absolute Gasteiger partial charge is 0.211 e. The summed E-state index contributed by atoms with van der Waals surface area (Å²) in [6.45, 7) is 2.64. The molecule has 2 heterocycles. The number of sulfonamides is 1. The summed E-state index contributed by atoms with van der Waals surface area (Å²) in [4.78, 5) is 2.23. The summed E-state index contributed by atoms with van der Waals surface area (Å²) in [7, 11) is -0.948. The van der Waals surface area contributed by atoms with E-state index in [4.69, 9.17) is 0 Å². The van der Waals surface area contributed by atoms with Crippen LogP contribution in [0, 0.1) is 0 Å². The van der Waals surface area contributed by atoms with E-state index in [1.165, 1.54) is 6.26 Å². The molecule has 14 heavy (non-hydrogen) atoms. The fraction of sp³-hybridized carbons (Fsp3) is 1.00. The van der Waals surface area contributed by atoms with Gasteiger partial charge in [-0.3, -0.25) is 0 Å². The van der Waals surface area contributed by atoms with Gasteiger partial charge in [0.15, 0.2) is 0 Å². The number of rotatable bonds is 1. The Balaban J connectivity index is 2.27. The third-order valence-corrected chi connectivity index (χ3v) is 4.83. The van der Waals surface area contributed by atoms with Gasteiger partial charge >= 0.3 is 0 Å². The number of hydrogen-bond donors (Lipinski definition) is 0. The van der Waals surface area contributed by atoms with Crippen LogP contribution in [0.15, 0.2) is 0 Å². The minimum atomic E-state index is -3.01. The molecule has 0 amide bonds. The summed E-state index contributed by atoms with van der Waals surface area (Å²) in [6, 6.07) is 0. The molecule has 5 heteroatoms. The largest absolute Gasteiger partial charge is 0.304 e. The summed E-state index contributed by atoms with van der Waals surface area (Å²) in [5.74, 6) is 0. The molecule has 0 radical (unpaired) electrons. The van der Waals surface area contributed by atoms with Crippen LogP contribution in [0.25, 0.3) is 0 Å². The van der Waals surface area contributed by atoms with Gasteiger partial charge in [0.25, 0.3) is 0 Å². The molecule has 0 aromatic rings. The van der Waals surface area contributed by atoms with Gasteiger partial charge in [-0.15, -0.1) is 0 Å². The molecule has 4 nitrogen and oxygen atoms in total. The van der Waals surface area contributed by atoms with Gasteiger partial charge in [0.05, 0.1) is 6.26 Å². The molecule has 2 saturated heterocycles. The van der Waals surface area contributed by atoms with Crippen molar-refractivity contribution in [3.05, 3.63) is 0 Å². The van der Waals surface area contributed by atoms with Crippen LogP contribution in [0.5, 0.6) is 0 Å². The van der Waals surface area contributed by atoms with Crippen molar-refractivity contribution >= 4 is 10.0 Å². The van der Waals surface area contributed by atoms with E-state index in [1.54, 1.807) is 4.31 Å². The maximum Gasteiger partial charge on any atom is 0.211 e. The molecular weight excluding hydrogens is 200 g/mol. The molecule has 0 aromatic heterocycles. The Labute approximate surface area is 85.9 Å². The molecule has 1 atom stereocenters. The van der Waals surface area contributed by atoms with Crippen LogP contribution in [-0.4, -0.2) is 56.1 Å². The summed E-state index contributed by atoms with van der Waals surface area (Å²) in [6.07, 6.45) is 4.38. The van der Waals surface area contributed by atoms with Crippen LogP contribution in [0.1, 0.15) is 19.3 Å². The van der Waals surface area contributed by atoms with E-state index in [-0.39, 0.29) is 5.54 Å². The molecule has 0 N–H and O–H groups in total. The van der Waals surface area contributed by atoms with Crippen molar-refractivity contribution in [3.63, 3.8) is 0 Å². The molecule has 82 valence electrons. The van der Waals surface area contributed by atoms with E-state index in [1.807, 2.05) is 0 Å². The molecule has 2 fully saturated rings. The molecule has 2 aliphatic heterocycles. The zero-order chi connectivity index (χ0) is 10.4. The van der Waals surface area contributed by atoms with Crippen LogP contribution in [0.2, 0.25) is 0 Å². The number of hydrogen-bond acceptors (Lipinski definition) is 3. The van der Waals surface area contributed by atoms with E-state index in [0.717, 1.165) is 32.4 Å². The van der Waals surface area contributed by atoms with Crippen LogP contribution >= 0.6 is 0 Å². The molecule has 0 saturated carbocycles.